The quantitative estimate of drug-likeness (QED) is 0.755. The van der Waals surface area contributed by atoms with Crippen LogP contribution in [0.15, 0.2) is 36.9 Å². The van der Waals surface area contributed by atoms with Gasteiger partial charge in [-0.3, -0.25) is 9.69 Å². The molecule has 1 aromatic heterocycles. The highest BCUT2D eigenvalue weighted by Gasteiger charge is 2.41. The lowest BCUT2D eigenvalue weighted by Crippen LogP contribution is -2.28. The van der Waals surface area contributed by atoms with E-state index in [1.54, 1.807) is 6.20 Å². The Morgan fingerprint density at radius 2 is 2.27 bits per heavy atom. The van der Waals surface area contributed by atoms with Gasteiger partial charge < -0.3 is 14.6 Å². The van der Waals surface area contributed by atoms with Gasteiger partial charge in [0.1, 0.15) is 5.75 Å². The highest BCUT2D eigenvalue weighted by atomic mass is 35.5. The van der Waals surface area contributed by atoms with E-state index >= 15 is 0 Å². The third-order valence-corrected chi connectivity index (χ3v) is 5.42. The first-order valence-corrected chi connectivity index (χ1v) is 9.44. The predicted octanol–water partition coefficient (Wildman–Crippen LogP) is 2.18. The summed E-state index contributed by atoms with van der Waals surface area (Å²) in [6.45, 7) is 4.83. The summed E-state index contributed by atoms with van der Waals surface area (Å²) < 4.78 is 8.06. The van der Waals surface area contributed by atoms with Gasteiger partial charge in [-0.05, 0) is 24.6 Å². The van der Waals surface area contributed by atoms with Gasteiger partial charge in [-0.25, -0.2) is 4.98 Å². The molecule has 2 aliphatic rings. The number of carbonyl (C=O) groups is 1. The molecule has 2 aliphatic heterocycles. The lowest BCUT2D eigenvalue weighted by molar-refractivity contribution is -0.122. The lowest BCUT2D eigenvalue weighted by Gasteiger charge is -2.19. The van der Waals surface area contributed by atoms with E-state index in [1.807, 2.05) is 35.3 Å². The third-order valence-electron chi connectivity index (χ3n) is 5.19. The zero-order valence-electron chi connectivity index (χ0n) is 14.6. The van der Waals surface area contributed by atoms with Crippen LogP contribution in [0.1, 0.15) is 12.0 Å². The number of rotatable bonds is 7. The number of nitrogens with one attached hydrogen (secondary N) is 1. The van der Waals surface area contributed by atoms with Crippen LogP contribution in [-0.4, -0.2) is 46.6 Å². The number of benzene rings is 1. The molecule has 0 aliphatic carbocycles. The minimum Gasteiger partial charge on any atom is -0.493 e. The lowest BCUT2D eigenvalue weighted by atomic mass is 10.0. The molecule has 2 atom stereocenters. The average Bonchev–Trinajstić information content (AvgIpc) is 3.33. The number of ether oxygens (including phenoxy) is 1. The van der Waals surface area contributed by atoms with E-state index in [-0.39, 0.29) is 11.8 Å². The number of hydrogen-bond donors (Lipinski definition) is 1. The number of aromatic nitrogens is 2. The molecule has 6 nitrogen and oxygen atoms in total. The number of imidazole rings is 1. The maximum atomic E-state index is 11.9. The van der Waals surface area contributed by atoms with Gasteiger partial charge in [-0.15, -0.1) is 0 Å². The molecule has 2 aromatic rings. The number of likely N-dealkylation sites (tertiary alicyclic amines) is 1. The Morgan fingerprint density at radius 3 is 3.08 bits per heavy atom. The van der Waals surface area contributed by atoms with Gasteiger partial charge in [-0.1, -0.05) is 11.6 Å². The van der Waals surface area contributed by atoms with Crippen molar-refractivity contribution in [3.05, 3.63) is 47.5 Å². The van der Waals surface area contributed by atoms with Crippen molar-refractivity contribution in [2.45, 2.75) is 19.5 Å². The van der Waals surface area contributed by atoms with E-state index in [0.717, 1.165) is 50.5 Å². The molecule has 1 aromatic carbocycles. The summed E-state index contributed by atoms with van der Waals surface area (Å²) in [5, 5.41) is 3.67. The number of amides is 1. The van der Waals surface area contributed by atoms with Crippen LogP contribution in [0, 0.1) is 11.8 Å². The summed E-state index contributed by atoms with van der Waals surface area (Å²) in [5.41, 5.74) is 1.08. The molecule has 138 valence electrons. The Kier molecular flexibility index (Phi) is 5.13. The van der Waals surface area contributed by atoms with Crippen LogP contribution in [0.4, 0.5) is 0 Å². The molecule has 0 unspecified atom stereocenters. The molecule has 1 amide bonds. The Hall–Kier alpha value is -2.05. The minimum atomic E-state index is 0.133. The zero-order valence-corrected chi connectivity index (χ0v) is 15.4. The van der Waals surface area contributed by atoms with E-state index in [4.69, 9.17) is 16.3 Å². The van der Waals surface area contributed by atoms with Crippen molar-refractivity contribution in [3.8, 4) is 5.75 Å². The zero-order chi connectivity index (χ0) is 17.9. The van der Waals surface area contributed by atoms with Crippen molar-refractivity contribution in [2.75, 3.05) is 26.2 Å². The number of halogens is 1. The van der Waals surface area contributed by atoms with Gasteiger partial charge in [0.2, 0.25) is 5.91 Å². The number of nitrogens with zero attached hydrogens (tertiary/aromatic N) is 3. The maximum Gasteiger partial charge on any atom is 0.224 e. The number of carbonyl (C=O) groups excluding carboxylic acids is 1. The molecule has 0 saturated carbocycles. The fourth-order valence-corrected chi connectivity index (χ4v) is 4.05. The van der Waals surface area contributed by atoms with Crippen LogP contribution in [0.25, 0.3) is 0 Å². The smallest absolute Gasteiger partial charge is 0.224 e. The summed E-state index contributed by atoms with van der Waals surface area (Å²) in [5.74, 6) is 1.64. The molecule has 26 heavy (non-hydrogen) atoms. The molecular weight excluding hydrogens is 352 g/mol. The number of aryl methyl sites for hydroxylation is 1. The molecule has 2 fully saturated rings. The first-order valence-electron chi connectivity index (χ1n) is 9.06. The second-order valence-corrected chi connectivity index (χ2v) is 7.50. The van der Waals surface area contributed by atoms with E-state index in [1.165, 1.54) is 0 Å². The summed E-state index contributed by atoms with van der Waals surface area (Å²) in [6.07, 6.45) is 6.46. The van der Waals surface area contributed by atoms with Gasteiger partial charge in [-0.2, -0.15) is 0 Å². The Labute approximate surface area is 158 Å². The van der Waals surface area contributed by atoms with Crippen LogP contribution in [0.2, 0.25) is 5.02 Å². The summed E-state index contributed by atoms with van der Waals surface area (Å²) in [6, 6.07) is 5.78. The Balaban J connectivity index is 1.35. The largest absolute Gasteiger partial charge is 0.493 e. The molecule has 0 spiro atoms. The molecule has 1 N–H and O–H groups in total. The van der Waals surface area contributed by atoms with Crippen molar-refractivity contribution < 1.29 is 9.53 Å². The minimum absolute atomic E-state index is 0.133. The van der Waals surface area contributed by atoms with Gasteiger partial charge in [0.25, 0.3) is 0 Å². The Morgan fingerprint density at radius 1 is 1.35 bits per heavy atom. The third kappa shape index (κ3) is 3.86. The van der Waals surface area contributed by atoms with E-state index in [9.17, 15) is 4.79 Å². The molecule has 7 heteroatoms. The van der Waals surface area contributed by atoms with Crippen LogP contribution >= 0.6 is 11.6 Å². The van der Waals surface area contributed by atoms with Crippen molar-refractivity contribution >= 4 is 17.5 Å². The highest BCUT2D eigenvalue weighted by Crippen LogP contribution is 2.31. The van der Waals surface area contributed by atoms with Crippen molar-refractivity contribution in [2.24, 2.45) is 11.8 Å². The molecule has 0 bridgehead atoms. The van der Waals surface area contributed by atoms with Gasteiger partial charge in [0.15, 0.2) is 0 Å². The van der Waals surface area contributed by atoms with Gasteiger partial charge in [0.05, 0.1) is 18.9 Å². The maximum absolute atomic E-state index is 11.9. The summed E-state index contributed by atoms with van der Waals surface area (Å²) in [7, 11) is 0. The predicted molar refractivity (Wildman–Crippen MR) is 99.1 cm³/mol. The topological polar surface area (TPSA) is 59.4 Å². The summed E-state index contributed by atoms with van der Waals surface area (Å²) >= 11 is 6.20. The number of fused-ring (bicyclic) bond motifs is 1. The van der Waals surface area contributed by atoms with Gasteiger partial charge in [0, 0.05) is 61.6 Å². The molecule has 0 radical (unpaired) electrons. The molecular formula is C19H23ClN4O2. The molecule has 3 heterocycles. The fourth-order valence-electron chi connectivity index (χ4n) is 3.86. The second-order valence-electron chi connectivity index (χ2n) is 7.06. The van der Waals surface area contributed by atoms with Crippen LogP contribution in [0.5, 0.6) is 5.75 Å². The number of hydrogen-bond acceptors (Lipinski definition) is 4. The van der Waals surface area contributed by atoms with E-state index < -0.39 is 0 Å². The van der Waals surface area contributed by atoms with Gasteiger partial charge >= 0.3 is 0 Å². The van der Waals surface area contributed by atoms with Crippen LogP contribution < -0.4 is 10.1 Å². The molecule has 2 saturated heterocycles. The molecule has 4 rings (SSSR count). The monoisotopic (exact) mass is 374 g/mol. The second kappa shape index (κ2) is 7.68. The SMILES string of the molecule is O=C1NC[C@H]2CN(Cc3cc(Cl)ccc3OCCCn3ccnc3)C[C@@H]12. The highest BCUT2D eigenvalue weighted by molar-refractivity contribution is 6.30. The average molecular weight is 375 g/mol. The van der Waals surface area contributed by atoms with E-state index in [2.05, 4.69) is 15.2 Å². The van der Waals surface area contributed by atoms with Crippen LogP contribution in [-0.2, 0) is 17.9 Å². The summed E-state index contributed by atoms with van der Waals surface area (Å²) in [4.78, 5) is 18.2. The van der Waals surface area contributed by atoms with Crippen LogP contribution in [0.3, 0.4) is 0 Å². The normalized spacial score (nSPS) is 22.4. The first-order chi connectivity index (χ1) is 12.7. The first kappa shape index (κ1) is 17.4. The fraction of sp³-hybridized carbons (Fsp3) is 0.474. The van der Waals surface area contributed by atoms with Crippen molar-refractivity contribution in [3.63, 3.8) is 0 Å². The van der Waals surface area contributed by atoms with Crippen molar-refractivity contribution in [1.29, 1.82) is 0 Å². The standard InChI is InChI=1S/C19H23ClN4O2/c20-16-2-3-18(26-7-1-5-23-6-4-21-13-23)14(8-16)10-24-11-15-9-22-19(25)17(15)12-24/h2-4,6,8,13,15,17H,1,5,7,9-12H2,(H,22,25)/t15-,17+/m0/s1. The van der Waals surface area contributed by atoms with E-state index in [0.29, 0.717) is 17.5 Å². The van der Waals surface area contributed by atoms with Crippen molar-refractivity contribution in [1.82, 2.24) is 19.8 Å². The Bertz CT molecular complexity index is 765.